The van der Waals surface area contributed by atoms with Crippen LogP contribution in [0.2, 0.25) is 0 Å². The number of hydrogen-bond donors (Lipinski definition) is 1. The van der Waals surface area contributed by atoms with Crippen LogP contribution >= 0.6 is 0 Å². The van der Waals surface area contributed by atoms with Crippen LogP contribution in [0.3, 0.4) is 0 Å². The van der Waals surface area contributed by atoms with Crippen molar-refractivity contribution >= 4 is 9.84 Å². The molecule has 1 heterocycles. The third-order valence-electron chi connectivity index (χ3n) is 3.21. The normalized spacial score (nSPS) is 13.7. The van der Waals surface area contributed by atoms with E-state index in [0.29, 0.717) is 6.42 Å². The minimum absolute atomic E-state index is 0.172. The molecule has 1 N–H and O–H groups in total. The predicted octanol–water partition coefficient (Wildman–Crippen LogP) is 2.32. The van der Waals surface area contributed by atoms with Gasteiger partial charge in [0.2, 0.25) is 0 Å². The number of sulfone groups is 1. The first kappa shape index (κ1) is 15.2. The number of hydrogen-bond acceptors (Lipinski definition) is 4. The zero-order valence-electron chi connectivity index (χ0n) is 11.4. The second kappa shape index (κ2) is 6.95. The van der Waals surface area contributed by atoms with Gasteiger partial charge in [-0.1, -0.05) is 13.8 Å². The Morgan fingerprint density at radius 1 is 1.39 bits per heavy atom. The average molecular weight is 273 g/mol. The summed E-state index contributed by atoms with van der Waals surface area (Å²) in [6.45, 7) is 3.74. The van der Waals surface area contributed by atoms with Crippen molar-refractivity contribution < 1.29 is 12.8 Å². The third-order valence-corrected chi connectivity index (χ3v) is 5.00. The molecule has 0 saturated heterocycles. The first-order chi connectivity index (χ1) is 8.54. The third kappa shape index (κ3) is 4.14. The van der Waals surface area contributed by atoms with Crippen LogP contribution in [-0.2, 0) is 16.3 Å². The van der Waals surface area contributed by atoms with Gasteiger partial charge in [0, 0.05) is 23.8 Å². The highest BCUT2D eigenvalue weighted by Crippen LogP contribution is 2.23. The molecule has 1 aromatic heterocycles. The van der Waals surface area contributed by atoms with Crippen molar-refractivity contribution in [3.8, 4) is 0 Å². The maximum Gasteiger partial charge on any atom is 0.150 e. The van der Waals surface area contributed by atoms with Crippen LogP contribution < -0.4 is 5.32 Å². The van der Waals surface area contributed by atoms with Crippen LogP contribution in [0, 0.1) is 0 Å². The van der Waals surface area contributed by atoms with Crippen molar-refractivity contribution in [2.75, 3.05) is 18.6 Å². The van der Waals surface area contributed by atoms with Crippen molar-refractivity contribution in [2.24, 2.45) is 0 Å². The molecule has 5 heteroatoms. The zero-order valence-corrected chi connectivity index (χ0v) is 12.2. The topological polar surface area (TPSA) is 59.3 Å². The second-order valence-corrected chi connectivity index (χ2v) is 6.85. The quantitative estimate of drug-likeness (QED) is 0.789. The van der Waals surface area contributed by atoms with Gasteiger partial charge in [0.05, 0.1) is 12.0 Å². The summed E-state index contributed by atoms with van der Waals surface area (Å²) in [5.41, 5.74) is 1.15. The minimum atomic E-state index is -2.86. The molecule has 0 saturated carbocycles. The van der Waals surface area contributed by atoms with Crippen molar-refractivity contribution in [3.63, 3.8) is 0 Å². The Kier molecular flexibility index (Phi) is 5.88. The molecule has 0 aromatic carbocycles. The van der Waals surface area contributed by atoms with Crippen LogP contribution in [0.1, 0.15) is 44.1 Å². The molecule has 1 atom stereocenters. The lowest BCUT2D eigenvalue weighted by Gasteiger charge is -2.15. The molecular formula is C13H23NO3S. The van der Waals surface area contributed by atoms with Crippen LogP contribution in [0.4, 0.5) is 0 Å². The molecule has 0 amide bonds. The molecule has 0 aliphatic heterocycles. The van der Waals surface area contributed by atoms with E-state index in [1.54, 1.807) is 13.2 Å². The van der Waals surface area contributed by atoms with Crippen LogP contribution in [-0.4, -0.2) is 27.0 Å². The molecule has 4 nitrogen and oxygen atoms in total. The van der Waals surface area contributed by atoms with Gasteiger partial charge in [-0.05, 0) is 26.0 Å². The SMILES string of the molecule is CCc1occc1C(CCCS(=O)(=O)CC)NC. The Labute approximate surface area is 110 Å². The summed E-state index contributed by atoms with van der Waals surface area (Å²) < 4.78 is 28.3. The molecule has 0 bridgehead atoms. The summed E-state index contributed by atoms with van der Waals surface area (Å²) in [6.07, 6.45) is 4.04. The molecule has 104 valence electrons. The van der Waals surface area contributed by atoms with E-state index in [4.69, 9.17) is 4.42 Å². The predicted molar refractivity (Wildman–Crippen MR) is 73.4 cm³/mol. The van der Waals surface area contributed by atoms with E-state index in [9.17, 15) is 8.42 Å². The highest BCUT2D eigenvalue weighted by molar-refractivity contribution is 7.91. The van der Waals surface area contributed by atoms with Gasteiger partial charge in [0.15, 0.2) is 0 Å². The van der Waals surface area contributed by atoms with Gasteiger partial charge in [-0.3, -0.25) is 0 Å². The number of rotatable bonds is 8. The molecule has 0 spiro atoms. The van der Waals surface area contributed by atoms with E-state index in [-0.39, 0.29) is 17.5 Å². The van der Waals surface area contributed by atoms with Gasteiger partial charge in [0.25, 0.3) is 0 Å². The maximum absolute atomic E-state index is 11.4. The Balaban J connectivity index is 2.58. The van der Waals surface area contributed by atoms with E-state index < -0.39 is 9.84 Å². The molecule has 18 heavy (non-hydrogen) atoms. The van der Waals surface area contributed by atoms with E-state index in [2.05, 4.69) is 12.2 Å². The molecule has 0 aliphatic rings. The van der Waals surface area contributed by atoms with Gasteiger partial charge < -0.3 is 9.73 Å². The van der Waals surface area contributed by atoms with E-state index in [1.165, 1.54) is 0 Å². The standard InChI is InChI=1S/C13H23NO3S/c1-4-13-11(8-9-17-13)12(14-3)7-6-10-18(15,16)5-2/h8-9,12,14H,4-7,10H2,1-3H3. The number of nitrogens with one attached hydrogen (secondary N) is 1. The summed E-state index contributed by atoms with van der Waals surface area (Å²) in [7, 11) is -0.965. The molecule has 0 fully saturated rings. The summed E-state index contributed by atoms with van der Waals surface area (Å²) in [5.74, 6) is 1.47. The second-order valence-electron chi connectivity index (χ2n) is 4.37. The Hall–Kier alpha value is -0.810. The van der Waals surface area contributed by atoms with Gasteiger partial charge in [-0.25, -0.2) is 8.42 Å². The first-order valence-electron chi connectivity index (χ1n) is 6.48. The lowest BCUT2D eigenvalue weighted by atomic mass is 10.0. The minimum Gasteiger partial charge on any atom is -0.469 e. The lowest BCUT2D eigenvalue weighted by Crippen LogP contribution is -2.18. The van der Waals surface area contributed by atoms with E-state index in [1.807, 2.05) is 13.1 Å². The first-order valence-corrected chi connectivity index (χ1v) is 8.30. The van der Waals surface area contributed by atoms with Gasteiger partial charge in [-0.2, -0.15) is 0 Å². The van der Waals surface area contributed by atoms with Gasteiger partial charge in [0.1, 0.15) is 15.6 Å². The Morgan fingerprint density at radius 2 is 2.11 bits per heavy atom. The van der Waals surface area contributed by atoms with E-state index >= 15 is 0 Å². The molecule has 1 rings (SSSR count). The van der Waals surface area contributed by atoms with Gasteiger partial charge in [-0.15, -0.1) is 0 Å². The Bertz CT molecular complexity index is 451. The summed E-state index contributed by atoms with van der Waals surface area (Å²) in [5, 5.41) is 3.23. The summed E-state index contributed by atoms with van der Waals surface area (Å²) >= 11 is 0. The zero-order chi connectivity index (χ0) is 13.6. The lowest BCUT2D eigenvalue weighted by molar-refractivity contribution is 0.484. The monoisotopic (exact) mass is 273 g/mol. The fourth-order valence-electron chi connectivity index (χ4n) is 2.06. The molecular weight excluding hydrogens is 250 g/mol. The van der Waals surface area contributed by atoms with Crippen molar-refractivity contribution in [2.45, 2.75) is 39.2 Å². The largest absolute Gasteiger partial charge is 0.469 e. The highest BCUT2D eigenvalue weighted by Gasteiger charge is 2.16. The molecule has 0 radical (unpaired) electrons. The summed E-state index contributed by atoms with van der Waals surface area (Å²) in [6, 6.07) is 2.14. The van der Waals surface area contributed by atoms with Crippen molar-refractivity contribution in [3.05, 3.63) is 23.7 Å². The number of aryl methyl sites for hydroxylation is 1. The van der Waals surface area contributed by atoms with Gasteiger partial charge >= 0.3 is 0 Å². The molecule has 1 unspecified atom stereocenters. The molecule has 1 aromatic rings. The van der Waals surface area contributed by atoms with Crippen LogP contribution in [0.5, 0.6) is 0 Å². The van der Waals surface area contributed by atoms with Crippen LogP contribution in [0.25, 0.3) is 0 Å². The van der Waals surface area contributed by atoms with E-state index in [0.717, 1.165) is 24.2 Å². The fourth-order valence-corrected chi connectivity index (χ4v) is 2.95. The maximum atomic E-state index is 11.4. The molecule has 0 aliphatic carbocycles. The van der Waals surface area contributed by atoms with Crippen LogP contribution in [0.15, 0.2) is 16.7 Å². The average Bonchev–Trinajstić information content (AvgIpc) is 2.82. The van der Waals surface area contributed by atoms with Crippen molar-refractivity contribution in [1.82, 2.24) is 5.32 Å². The highest BCUT2D eigenvalue weighted by atomic mass is 32.2. The smallest absolute Gasteiger partial charge is 0.150 e. The fraction of sp³-hybridized carbons (Fsp3) is 0.692. The Morgan fingerprint density at radius 3 is 2.67 bits per heavy atom. The summed E-state index contributed by atoms with van der Waals surface area (Å²) in [4.78, 5) is 0. The number of furan rings is 1. The van der Waals surface area contributed by atoms with Crippen molar-refractivity contribution in [1.29, 1.82) is 0 Å².